The van der Waals surface area contributed by atoms with Crippen LogP contribution in [-0.4, -0.2) is 35.4 Å². The first-order valence-corrected chi connectivity index (χ1v) is 8.24. The normalized spacial score (nSPS) is 14.9. The minimum Gasteiger partial charge on any atom is -0.493 e. The molecular formula is C17H23N5O2. The van der Waals surface area contributed by atoms with Gasteiger partial charge in [-0.2, -0.15) is 10.1 Å². The van der Waals surface area contributed by atoms with Gasteiger partial charge in [-0.25, -0.2) is 0 Å². The van der Waals surface area contributed by atoms with E-state index in [1.807, 2.05) is 18.2 Å². The second kappa shape index (κ2) is 7.81. The Kier molecular flexibility index (Phi) is 5.30. The molecule has 0 aliphatic heterocycles. The maximum Gasteiger partial charge on any atom is 0.249 e. The molecule has 0 bridgehead atoms. The van der Waals surface area contributed by atoms with Crippen LogP contribution in [0.1, 0.15) is 32.1 Å². The van der Waals surface area contributed by atoms with Crippen LogP contribution < -0.4 is 20.1 Å². The van der Waals surface area contributed by atoms with Crippen LogP contribution in [0.5, 0.6) is 11.5 Å². The van der Waals surface area contributed by atoms with Crippen molar-refractivity contribution >= 4 is 17.5 Å². The standard InChI is InChI=1S/C17H23N5O2/c1-23-14-9-8-13(10-15(14)24-2)20-17-21-16(11-18-22-17)19-12-6-4-3-5-7-12/h8-12H,3-7H2,1-2H3,(H2,19,20,21,22). The lowest BCUT2D eigenvalue weighted by molar-refractivity contribution is 0.355. The molecule has 1 aliphatic carbocycles. The Morgan fingerprint density at radius 2 is 1.83 bits per heavy atom. The highest BCUT2D eigenvalue weighted by Crippen LogP contribution is 2.30. The molecule has 1 aromatic carbocycles. The fraction of sp³-hybridized carbons (Fsp3) is 0.471. The zero-order chi connectivity index (χ0) is 16.8. The maximum atomic E-state index is 5.31. The number of anilines is 3. The van der Waals surface area contributed by atoms with E-state index in [9.17, 15) is 0 Å². The molecule has 0 unspecified atom stereocenters. The number of hydrogen-bond acceptors (Lipinski definition) is 7. The number of benzene rings is 1. The summed E-state index contributed by atoms with van der Waals surface area (Å²) >= 11 is 0. The lowest BCUT2D eigenvalue weighted by Crippen LogP contribution is -2.23. The van der Waals surface area contributed by atoms with E-state index in [1.165, 1.54) is 32.1 Å². The second-order valence-corrected chi connectivity index (χ2v) is 5.84. The van der Waals surface area contributed by atoms with Gasteiger partial charge in [0.25, 0.3) is 0 Å². The molecule has 1 aromatic heterocycles. The third-order valence-corrected chi connectivity index (χ3v) is 4.16. The Bertz CT molecular complexity index is 674. The van der Waals surface area contributed by atoms with Crippen LogP contribution in [0, 0.1) is 0 Å². The largest absolute Gasteiger partial charge is 0.493 e. The van der Waals surface area contributed by atoms with Gasteiger partial charge in [-0.15, -0.1) is 5.10 Å². The molecule has 3 rings (SSSR count). The summed E-state index contributed by atoms with van der Waals surface area (Å²) in [6, 6.07) is 6.03. The monoisotopic (exact) mass is 329 g/mol. The summed E-state index contributed by atoms with van der Waals surface area (Å²) in [6.07, 6.45) is 7.89. The molecule has 1 fully saturated rings. The van der Waals surface area contributed by atoms with E-state index in [0.29, 0.717) is 23.5 Å². The quantitative estimate of drug-likeness (QED) is 0.841. The zero-order valence-corrected chi connectivity index (χ0v) is 14.1. The number of nitrogens with one attached hydrogen (secondary N) is 2. The van der Waals surface area contributed by atoms with Gasteiger partial charge in [-0.1, -0.05) is 19.3 Å². The first-order chi connectivity index (χ1) is 11.8. The molecule has 1 heterocycles. The number of methoxy groups -OCH3 is 2. The van der Waals surface area contributed by atoms with Gasteiger partial charge in [0.1, 0.15) is 0 Å². The van der Waals surface area contributed by atoms with Crippen LogP contribution in [0.4, 0.5) is 17.5 Å². The molecular weight excluding hydrogens is 306 g/mol. The van der Waals surface area contributed by atoms with Crippen LogP contribution in [0.3, 0.4) is 0 Å². The number of nitrogens with zero attached hydrogens (tertiary/aromatic N) is 3. The number of rotatable bonds is 6. The molecule has 1 saturated carbocycles. The average Bonchev–Trinajstić information content (AvgIpc) is 2.63. The highest BCUT2D eigenvalue weighted by Gasteiger charge is 2.14. The fourth-order valence-electron chi connectivity index (χ4n) is 2.93. The van der Waals surface area contributed by atoms with E-state index in [4.69, 9.17) is 9.47 Å². The maximum absolute atomic E-state index is 5.31. The predicted octanol–water partition coefficient (Wildman–Crippen LogP) is 3.38. The van der Waals surface area contributed by atoms with Gasteiger partial charge in [0, 0.05) is 17.8 Å². The van der Waals surface area contributed by atoms with Gasteiger partial charge in [0.2, 0.25) is 5.95 Å². The summed E-state index contributed by atoms with van der Waals surface area (Å²) in [5.74, 6) is 2.52. The lowest BCUT2D eigenvalue weighted by Gasteiger charge is -2.23. The summed E-state index contributed by atoms with van der Waals surface area (Å²) in [5, 5.41) is 14.7. The SMILES string of the molecule is COc1ccc(Nc2nncc(NC3CCCCC3)n2)cc1OC. The summed E-state index contributed by atoms with van der Waals surface area (Å²) < 4.78 is 10.5. The lowest BCUT2D eigenvalue weighted by atomic mass is 9.96. The molecule has 0 atom stereocenters. The topological polar surface area (TPSA) is 81.2 Å². The summed E-state index contributed by atoms with van der Waals surface area (Å²) in [7, 11) is 3.22. The molecule has 7 nitrogen and oxygen atoms in total. The van der Waals surface area contributed by atoms with Gasteiger partial charge in [0.15, 0.2) is 17.3 Å². The Morgan fingerprint density at radius 3 is 2.58 bits per heavy atom. The Labute approximate surface area is 141 Å². The van der Waals surface area contributed by atoms with Crippen molar-refractivity contribution in [2.75, 3.05) is 24.9 Å². The predicted molar refractivity (Wildman–Crippen MR) is 93.2 cm³/mol. The van der Waals surface area contributed by atoms with Gasteiger partial charge < -0.3 is 20.1 Å². The van der Waals surface area contributed by atoms with Crippen LogP contribution in [-0.2, 0) is 0 Å². The number of ether oxygens (including phenoxy) is 2. The third-order valence-electron chi connectivity index (χ3n) is 4.16. The van der Waals surface area contributed by atoms with E-state index >= 15 is 0 Å². The number of hydrogen-bond donors (Lipinski definition) is 2. The smallest absolute Gasteiger partial charge is 0.249 e. The van der Waals surface area contributed by atoms with Crippen molar-refractivity contribution < 1.29 is 9.47 Å². The van der Waals surface area contributed by atoms with Crippen molar-refractivity contribution in [1.29, 1.82) is 0 Å². The fourth-order valence-corrected chi connectivity index (χ4v) is 2.93. The van der Waals surface area contributed by atoms with Crippen LogP contribution >= 0.6 is 0 Å². The van der Waals surface area contributed by atoms with Gasteiger partial charge in [-0.3, -0.25) is 0 Å². The van der Waals surface area contributed by atoms with E-state index < -0.39 is 0 Å². The van der Waals surface area contributed by atoms with E-state index in [1.54, 1.807) is 20.4 Å². The van der Waals surface area contributed by atoms with Crippen molar-refractivity contribution in [3.05, 3.63) is 24.4 Å². The molecule has 128 valence electrons. The minimum absolute atomic E-state index is 0.447. The summed E-state index contributed by atoms with van der Waals surface area (Å²) in [5.41, 5.74) is 0.810. The molecule has 2 N–H and O–H groups in total. The van der Waals surface area contributed by atoms with Crippen molar-refractivity contribution in [3.63, 3.8) is 0 Å². The molecule has 7 heteroatoms. The molecule has 0 amide bonds. The zero-order valence-electron chi connectivity index (χ0n) is 14.1. The minimum atomic E-state index is 0.447. The average molecular weight is 329 g/mol. The van der Waals surface area contributed by atoms with Crippen LogP contribution in [0.25, 0.3) is 0 Å². The van der Waals surface area contributed by atoms with Crippen molar-refractivity contribution in [1.82, 2.24) is 15.2 Å². The van der Waals surface area contributed by atoms with E-state index in [-0.39, 0.29) is 0 Å². The Morgan fingerprint density at radius 1 is 1.04 bits per heavy atom. The first-order valence-electron chi connectivity index (χ1n) is 8.24. The van der Waals surface area contributed by atoms with E-state index in [0.717, 1.165) is 11.5 Å². The van der Waals surface area contributed by atoms with Gasteiger partial charge in [0.05, 0.1) is 20.4 Å². The van der Waals surface area contributed by atoms with Crippen molar-refractivity contribution in [2.24, 2.45) is 0 Å². The third kappa shape index (κ3) is 4.04. The number of aromatic nitrogens is 3. The highest BCUT2D eigenvalue weighted by atomic mass is 16.5. The van der Waals surface area contributed by atoms with E-state index in [2.05, 4.69) is 25.8 Å². The molecule has 2 aromatic rings. The van der Waals surface area contributed by atoms with Gasteiger partial charge >= 0.3 is 0 Å². The second-order valence-electron chi connectivity index (χ2n) is 5.84. The molecule has 0 saturated heterocycles. The molecule has 0 radical (unpaired) electrons. The molecule has 1 aliphatic rings. The van der Waals surface area contributed by atoms with Crippen LogP contribution in [0.15, 0.2) is 24.4 Å². The first kappa shape index (κ1) is 16.3. The molecule has 0 spiro atoms. The summed E-state index contributed by atoms with van der Waals surface area (Å²) in [6.45, 7) is 0. The van der Waals surface area contributed by atoms with Crippen molar-refractivity contribution in [3.8, 4) is 11.5 Å². The highest BCUT2D eigenvalue weighted by molar-refractivity contribution is 5.60. The van der Waals surface area contributed by atoms with Crippen molar-refractivity contribution in [2.45, 2.75) is 38.1 Å². The summed E-state index contributed by atoms with van der Waals surface area (Å²) in [4.78, 5) is 4.49. The van der Waals surface area contributed by atoms with Gasteiger partial charge in [-0.05, 0) is 25.0 Å². The Hall–Kier alpha value is -2.57. The molecule has 24 heavy (non-hydrogen) atoms. The Balaban J connectivity index is 1.70. The van der Waals surface area contributed by atoms with Crippen LogP contribution in [0.2, 0.25) is 0 Å².